The normalized spacial score (nSPS) is 13.0. The Hall–Kier alpha value is -5.38. The van der Waals surface area contributed by atoms with Crippen molar-refractivity contribution in [3.05, 3.63) is 119 Å². The molecule has 0 aliphatic heterocycles. The molecule has 2 heterocycles. The van der Waals surface area contributed by atoms with Gasteiger partial charge in [-0.2, -0.15) is 10.2 Å². The second-order valence-electron chi connectivity index (χ2n) is 9.26. The Bertz CT molecular complexity index is 1790. The van der Waals surface area contributed by atoms with Crippen molar-refractivity contribution in [2.75, 3.05) is 5.32 Å². The number of hydrogen-bond acceptors (Lipinski definition) is 7. The number of benzene rings is 3. The summed E-state index contributed by atoms with van der Waals surface area (Å²) in [4.78, 5) is 29.5. The number of rotatable bonds is 9. The fourth-order valence-corrected chi connectivity index (χ4v) is 4.26. The summed E-state index contributed by atoms with van der Waals surface area (Å²) >= 11 is 0. The molecule has 0 spiro atoms. The number of nitrogens with one attached hydrogen (secondary N) is 1. The number of amides is 1. The molecule has 0 fully saturated rings. The van der Waals surface area contributed by atoms with E-state index in [4.69, 9.17) is 0 Å². The van der Waals surface area contributed by atoms with E-state index >= 15 is 0 Å². The number of halogens is 5. The Morgan fingerprint density at radius 3 is 2.28 bits per heavy atom. The molecule has 43 heavy (non-hydrogen) atoms. The molecule has 0 saturated heterocycles. The van der Waals surface area contributed by atoms with Gasteiger partial charge in [0.05, 0.1) is 18.8 Å². The van der Waals surface area contributed by atoms with Crippen LogP contribution in [0.2, 0.25) is 0 Å². The summed E-state index contributed by atoms with van der Waals surface area (Å²) in [5.41, 5.74) is -2.34. The molecule has 0 bridgehead atoms. The smallest absolute Gasteiger partial charge is 0.406 e. The van der Waals surface area contributed by atoms with Gasteiger partial charge in [-0.05, 0) is 54.6 Å². The Labute approximate surface area is 238 Å². The molecular weight excluding hydrogens is 581 g/mol. The van der Waals surface area contributed by atoms with Crippen molar-refractivity contribution in [2.45, 2.75) is 25.1 Å². The maximum absolute atomic E-state index is 14.7. The van der Waals surface area contributed by atoms with Gasteiger partial charge in [-0.1, -0.05) is 6.07 Å². The van der Waals surface area contributed by atoms with Gasteiger partial charge in [0, 0.05) is 22.9 Å². The summed E-state index contributed by atoms with van der Waals surface area (Å²) in [7, 11) is 0. The van der Waals surface area contributed by atoms with Crippen LogP contribution in [0.5, 0.6) is 5.75 Å². The number of carbonyl (C=O) groups is 1. The molecule has 1 atom stereocenters. The number of aliphatic hydroxyl groups is 1. The van der Waals surface area contributed by atoms with Crippen LogP contribution in [-0.4, -0.2) is 46.5 Å². The van der Waals surface area contributed by atoms with Crippen molar-refractivity contribution in [3.8, 4) is 11.4 Å². The lowest BCUT2D eigenvalue weighted by atomic mass is 9.93. The first-order valence-corrected chi connectivity index (χ1v) is 12.3. The van der Waals surface area contributed by atoms with Crippen molar-refractivity contribution in [1.29, 1.82) is 0 Å². The molecule has 0 saturated carbocycles. The lowest BCUT2D eigenvalue weighted by Gasteiger charge is -2.28. The van der Waals surface area contributed by atoms with Gasteiger partial charge >= 0.3 is 12.1 Å². The topological polar surface area (TPSA) is 129 Å². The molecule has 2 aromatic heterocycles. The second kappa shape index (κ2) is 11.5. The molecule has 3 aromatic carbocycles. The zero-order valence-corrected chi connectivity index (χ0v) is 21.7. The molecule has 0 radical (unpaired) electrons. The third-order valence-corrected chi connectivity index (χ3v) is 6.22. The Kier molecular flexibility index (Phi) is 7.78. The van der Waals surface area contributed by atoms with Gasteiger partial charge in [0.2, 0.25) is 0 Å². The van der Waals surface area contributed by atoms with E-state index in [1.807, 2.05) is 0 Å². The summed E-state index contributed by atoms with van der Waals surface area (Å²) in [6.45, 7) is -0.858. The van der Waals surface area contributed by atoms with E-state index in [-0.39, 0.29) is 17.7 Å². The molecule has 2 N–H and O–H groups in total. The van der Waals surface area contributed by atoms with Crippen molar-refractivity contribution < 1.29 is 36.6 Å². The van der Waals surface area contributed by atoms with Gasteiger partial charge < -0.3 is 15.2 Å². The zero-order chi connectivity index (χ0) is 30.8. The van der Waals surface area contributed by atoms with Crippen LogP contribution in [0.1, 0.15) is 15.9 Å². The lowest BCUT2D eigenvalue weighted by molar-refractivity contribution is -0.274. The van der Waals surface area contributed by atoms with Gasteiger partial charge in [0.15, 0.2) is 0 Å². The predicted molar refractivity (Wildman–Crippen MR) is 139 cm³/mol. The number of aromatic nitrogens is 6. The van der Waals surface area contributed by atoms with Crippen molar-refractivity contribution in [2.24, 2.45) is 0 Å². The number of hydrogen-bond donors (Lipinski definition) is 2. The van der Waals surface area contributed by atoms with Crippen LogP contribution in [0.15, 0.2) is 90.5 Å². The summed E-state index contributed by atoms with van der Waals surface area (Å²) in [6, 6.07) is 12.9. The Morgan fingerprint density at radius 1 is 0.930 bits per heavy atom. The lowest BCUT2D eigenvalue weighted by Crippen LogP contribution is -2.41. The first-order chi connectivity index (χ1) is 20.4. The maximum Gasteiger partial charge on any atom is 0.573 e. The van der Waals surface area contributed by atoms with E-state index in [1.165, 1.54) is 60.1 Å². The molecule has 11 nitrogen and oxygen atoms in total. The predicted octanol–water partition coefficient (Wildman–Crippen LogP) is 3.64. The van der Waals surface area contributed by atoms with E-state index in [0.29, 0.717) is 17.4 Å². The van der Waals surface area contributed by atoms with Crippen molar-refractivity contribution in [3.63, 3.8) is 0 Å². The number of ether oxygens (including phenoxy) is 1. The summed E-state index contributed by atoms with van der Waals surface area (Å²) < 4.78 is 72.4. The van der Waals surface area contributed by atoms with Crippen molar-refractivity contribution >= 4 is 11.6 Å². The highest BCUT2D eigenvalue weighted by atomic mass is 19.4. The van der Waals surface area contributed by atoms with Crippen LogP contribution in [0, 0.1) is 11.6 Å². The zero-order valence-electron chi connectivity index (χ0n) is 21.7. The molecular formula is C27H20F5N7O4. The SMILES string of the molecule is O=C(Nc1ccc(-n2cnn(CC(O)(Cn3cncn3)c3ccc(F)cc3F)c2=O)cc1)c1ccc(OC(F)(F)F)cc1. The van der Waals surface area contributed by atoms with Gasteiger partial charge in [0.25, 0.3) is 5.91 Å². The van der Waals surface area contributed by atoms with Gasteiger partial charge in [0.1, 0.15) is 42.0 Å². The van der Waals surface area contributed by atoms with Gasteiger partial charge in [-0.3, -0.25) is 4.79 Å². The van der Waals surface area contributed by atoms with E-state index in [2.05, 4.69) is 25.2 Å². The average molecular weight is 601 g/mol. The first kappa shape index (κ1) is 29.1. The fraction of sp³-hybridized carbons (Fsp3) is 0.148. The minimum atomic E-state index is -4.86. The van der Waals surface area contributed by atoms with Crippen LogP contribution >= 0.6 is 0 Å². The summed E-state index contributed by atoms with van der Waals surface area (Å²) in [5, 5.41) is 22.0. The molecule has 5 aromatic rings. The number of carbonyl (C=O) groups excluding carboxylic acids is 1. The van der Waals surface area contributed by atoms with Gasteiger partial charge in [-0.25, -0.2) is 32.5 Å². The molecule has 1 unspecified atom stereocenters. The number of anilines is 1. The first-order valence-electron chi connectivity index (χ1n) is 12.3. The Morgan fingerprint density at radius 2 is 1.65 bits per heavy atom. The fourth-order valence-electron chi connectivity index (χ4n) is 4.26. The Balaban J connectivity index is 1.32. The summed E-state index contributed by atoms with van der Waals surface area (Å²) in [5.74, 6) is -2.95. The molecule has 0 aliphatic carbocycles. The number of alkyl halides is 3. The standard InChI is InChI=1S/C27H20F5N7O4/c28-18-3-10-22(23(29)11-18)26(42,12-37-15-33-14-34-37)13-39-25(41)38(16-35-39)20-6-4-19(5-7-20)36-24(40)17-1-8-21(9-2-17)43-27(30,31)32/h1-11,14-16,42H,12-13H2,(H,36,40). The monoisotopic (exact) mass is 601 g/mol. The third kappa shape index (κ3) is 6.75. The summed E-state index contributed by atoms with van der Waals surface area (Å²) in [6.07, 6.45) is -1.19. The maximum atomic E-state index is 14.7. The van der Waals surface area contributed by atoms with E-state index in [9.17, 15) is 36.6 Å². The van der Waals surface area contributed by atoms with E-state index in [0.717, 1.165) is 33.5 Å². The highest BCUT2D eigenvalue weighted by molar-refractivity contribution is 6.04. The largest absolute Gasteiger partial charge is 0.573 e. The molecule has 222 valence electrons. The molecule has 1 amide bonds. The highest BCUT2D eigenvalue weighted by Crippen LogP contribution is 2.28. The third-order valence-electron chi connectivity index (χ3n) is 6.22. The van der Waals surface area contributed by atoms with E-state index in [1.54, 1.807) is 0 Å². The quantitative estimate of drug-likeness (QED) is 0.247. The molecule has 5 rings (SSSR count). The molecule has 16 heteroatoms. The van der Waals surface area contributed by atoms with Crippen LogP contribution in [0.3, 0.4) is 0 Å². The van der Waals surface area contributed by atoms with Crippen LogP contribution in [0.25, 0.3) is 5.69 Å². The minimum Gasteiger partial charge on any atom is -0.406 e. The van der Waals surface area contributed by atoms with Crippen LogP contribution < -0.4 is 15.7 Å². The minimum absolute atomic E-state index is 0.0760. The highest BCUT2D eigenvalue weighted by Gasteiger charge is 2.35. The number of nitrogens with zero attached hydrogens (tertiary/aromatic N) is 6. The van der Waals surface area contributed by atoms with Crippen LogP contribution in [-0.2, 0) is 18.7 Å². The van der Waals surface area contributed by atoms with Crippen LogP contribution in [0.4, 0.5) is 27.6 Å². The second-order valence-corrected chi connectivity index (χ2v) is 9.26. The average Bonchev–Trinajstić information content (AvgIpc) is 3.58. The van der Waals surface area contributed by atoms with Crippen molar-refractivity contribution in [1.82, 2.24) is 29.1 Å². The molecule has 0 aliphatic rings. The van der Waals surface area contributed by atoms with E-state index < -0.39 is 47.5 Å². The van der Waals surface area contributed by atoms with Gasteiger partial charge in [-0.15, -0.1) is 13.2 Å².